The van der Waals surface area contributed by atoms with Gasteiger partial charge in [0.2, 0.25) is 0 Å². The van der Waals surface area contributed by atoms with E-state index in [-0.39, 0.29) is 23.9 Å². The fourth-order valence-electron chi connectivity index (χ4n) is 7.84. The molecule has 1 aromatic heterocycles. The molecule has 2 aromatic carbocycles. The average Bonchev–Trinajstić information content (AvgIpc) is 3.45. The lowest BCUT2D eigenvalue weighted by atomic mass is 9.49. The number of aromatic hydroxyl groups is 1. The summed E-state index contributed by atoms with van der Waals surface area (Å²) in [6.45, 7) is 1.99. The fourth-order valence-corrected chi connectivity index (χ4v) is 7.84. The SMILES string of the molecule is NC(N)=Nc1ccc2c3c([nH]c2c1)[C@@H]1Oc2c(O)ccc4c2[C@@]12CCN(CC1CC1)[C@H](C4)[C@]2(O)C3. The molecule has 1 saturated carbocycles. The standard InChI is InChI=1S/C27H29N5O3/c28-25(29)30-15-4-5-16-17-11-27(34)20-9-14-3-6-19(33)23-21(14)26(27,7-8-32(20)12-13-1-2-13)24(35-23)22(17)31-18(16)10-15/h3-6,10,13,20,24,31,33-34H,1-2,7-9,11-12H2,(H4,28,29,30)/t20-,24+,26+,27-/m1/s1. The molecule has 3 heterocycles. The van der Waals surface area contributed by atoms with Gasteiger partial charge in [-0.25, -0.2) is 4.99 Å². The third-order valence-corrected chi connectivity index (χ3v) is 9.40. The second-order valence-electron chi connectivity index (χ2n) is 11.2. The van der Waals surface area contributed by atoms with Crippen molar-refractivity contribution in [1.29, 1.82) is 0 Å². The zero-order chi connectivity index (χ0) is 23.7. The van der Waals surface area contributed by atoms with Crippen LogP contribution in [0.5, 0.6) is 11.5 Å². The van der Waals surface area contributed by atoms with Crippen LogP contribution in [0.15, 0.2) is 35.3 Å². The topological polar surface area (TPSA) is 133 Å². The highest BCUT2D eigenvalue weighted by atomic mass is 16.5. The number of nitrogens with two attached hydrogens (primary N) is 2. The van der Waals surface area contributed by atoms with Gasteiger partial charge in [0.15, 0.2) is 23.6 Å². The van der Waals surface area contributed by atoms with Gasteiger partial charge < -0.3 is 31.4 Å². The van der Waals surface area contributed by atoms with E-state index in [9.17, 15) is 10.2 Å². The molecular formula is C27H29N5O3. The number of benzene rings is 2. The second kappa shape index (κ2) is 6.30. The van der Waals surface area contributed by atoms with E-state index >= 15 is 0 Å². The minimum absolute atomic E-state index is 0.0158. The number of aliphatic hydroxyl groups is 1. The number of nitrogens with zero attached hydrogens (tertiary/aromatic N) is 2. The van der Waals surface area contributed by atoms with Crippen LogP contribution in [0.4, 0.5) is 5.69 Å². The largest absolute Gasteiger partial charge is 0.504 e. The maximum Gasteiger partial charge on any atom is 0.191 e. The van der Waals surface area contributed by atoms with Gasteiger partial charge in [-0.3, -0.25) is 4.90 Å². The smallest absolute Gasteiger partial charge is 0.191 e. The molecular weight excluding hydrogens is 442 g/mol. The Hall–Kier alpha value is -3.23. The molecule has 2 bridgehead atoms. The monoisotopic (exact) mass is 471 g/mol. The second-order valence-corrected chi connectivity index (χ2v) is 11.2. The average molecular weight is 472 g/mol. The van der Waals surface area contributed by atoms with Gasteiger partial charge in [-0.05, 0) is 67.5 Å². The van der Waals surface area contributed by atoms with E-state index in [0.717, 1.165) is 59.6 Å². The van der Waals surface area contributed by atoms with Crippen molar-refractivity contribution < 1.29 is 14.9 Å². The number of phenols is 1. The Bertz CT molecular complexity index is 1450. The van der Waals surface area contributed by atoms with Crippen LogP contribution < -0.4 is 16.2 Å². The van der Waals surface area contributed by atoms with E-state index in [0.29, 0.717) is 17.9 Å². The highest BCUT2D eigenvalue weighted by molar-refractivity contribution is 5.89. The van der Waals surface area contributed by atoms with E-state index < -0.39 is 11.0 Å². The van der Waals surface area contributed by atoms with Crippen LogP contribution in [0.25, 0.3) is 10.9 Å². The number of phenolic OH excluding ortho intramolecular Hbond substituents is 1. The molecule has 8 nitrogen and oxygen atoms in total. The number of guanidine groups is 1. The summed E-state index contributed by atoms with van der Waals surface area (Å²) in [6, 6.07) is 9.68. The van der Waals surface area contributed by atoms with Gasteiger partial charge in [-0.2, -0.15) is 0 Å². The number of rotatable bonds is 3. The molecule has 0 radical (unpaired) electrons. The quantitative estimate of drug-likeness (QED) is 0.294. The van der Waals surface area contributed by atoms with Gasteiger partial charge >= 0.3 is 0 Å². The predicted octanol–water partition coefficient (Wildman–Crippen LogP) is 2.48. The highest BCUT2D eigenvalue weighted by Crippen LogP contribution is 2.69. The molecule has 5 aliphatic rings. The van der Waals surface area contributed by atoms with Crippen LogP contribution in [0.1, 0.15) is 47.8 Å². The highest BCUT2D eigenvalue weighted by Gasteiger charge is 2.72. The van der Waals surface area contributed by atoms with Crippen molar-refractivity contribution in [3.8, 4) is 11.5 Å². The van der Waals surface area contributed by atoms with Crippen molar-refractivity contribution in [3.63, 3.8) is 0 Å². The molecule has 0 unspecified atom stereocenters. The number of hydrogen-bond donors (Lipinski definition) is 5. The maximum atomic E-state index is 12.8. The van der Waals surface area contributed by atoms with Crippen molar-refractivity contribution in [2.75, 3.05) is 13.1 Å². The third kappa shape index (κ3) is 2.37. The van der Waals surface area contributed by atoms with Crippen LogP contribution >= 0.6 is 0 Å². The minimum Gasteiger partial charge on any atom is -0.504 e. The molecule has 35 heavy (non-hydrogen) atoms. The van der Waals surface area contributed by atoms with Gasteiger partial charge in [0.1, 0.15) is 0 Å². The number of piperidine rings is 1. The van der Waals surface area contributed by atoms with Crippen molar-refractivity contribution in [1.82, 2.24) is 9.88 Å². The van der Waals surface area contributed by atoms with E-state index in [1.807, 2.05) is 24.3 Å². The molecule has 1 spiro atoms. The first-order chi connectivity index (χ1) is 16.9. The van der Waals surface area contributed by atoms with Crippen LogP contribution in [0.2, 0.25) is 0 Å². The zero-order valence-corrected chi connectivity index (χ0v) is 19.4. The summed E-state index contributed by atoms with van der Waals surface area (Å²) in [5.74, 6) is 1.47. The van der Waals surface area contributed by atoms with E-state index in [4.69, 9.17) is 16.2 Å². The summed E-state index contributed by atoms with van der Waals surface area (Å²) < 4.78 is 6.63. The molecule has 1 saturated heterocycles. The normalized spacial score (nSPS) is 32.1. The first-order valence-corrected chi connectivity index (χ1v) is 12.6. The molecule has 7 N–H and O–H groups in total. The molecule has 180 valence electrons. The number of aromatic amines is 1. The Morgan fingerprint density at radius 3 is 2.89 bits per heavy atom. The van der Waals surface area contributed by atoms with Crippen LogP contribution in [0.3, 0.4) is 0 Å². The first kappa shape index (κ1) is 20.0. The number of nitrogens with one attached hydrogen (secondary N) is 1. The number of H-pyrrole nitrogens is 1. The van der Waals surface area contributed by atoms with Crippen LogP contribution in [0, 0.1) is 5.92 Å². The number of aromatic nitrogens is 1. The number of likely N-dealkylation sites (tertiary alicyclic amines) is 1. The lowest BCUT2D eigenvalue weighted by Gasteiger charge is -2.62. The molecule has 3 aromatic rings. The zero-order valence-electron chi connectivity index (χ0n) is 19.4. The summed E-state index contributed by atoms with van der Waals surface area (Å²) >= 11 is 0. The van der Waals surface area contributed by atoms with Gasteiger partial charge in [0, 0.05) is 35.5 Å². The van der Waals surface area contributed by atoms with Gasteiger partial charge in [0.25, 0.3) is 0 Å². The lowest BCUT2D eigenvalue weighted by Crippen LogP contribution is -2.74. The molecule has 8 heteroatoms. The number of fused-ring (bicyclic) bond motifs is 4. The van der Waals surface area contributed by atoms with Crippen molar-refractivity contribution in [2.45, 2.75) is 55.3 Å². The van der Waals surface area contributed by atoms with Gasteiger partial charge in [-0.1, -0.05) is 12.1 Å². The van der Waals surface area contributed by atoms with Crippen LogP contribution in [-0.2, 0) is 18.3 Å². The van der Waals surface area contributed by atoms with Gasteiger partial charge in [-0.15, -0.1) is 0 Å². The number of aliphatic imine (C=N–C) groups is 1. The summed E-state index contributed by atoms with van der Waals surface area (Å²) in [5.41, 5.74) is 15.5. The number of hydrogen-bond acceptors (Lipinski definition) is 5. The summed E-state index contributed by atoms with van der Waals surface area (Å²) in [4.78, 5) is 10.4. The predicted molar refractivity (Wildman–Crippen MR) is 132 cm³/mol. The third-order valence-electron chi connectivity index (χ3n) is 9.40. The van der Waals surface area contributed by atoms with E-state index in [1.165, 1.54) is 18.4 Å². The first-order valence-electron chi connectivity index (χ1n) is 12.6. The summed E-state index contributed by atoms with van der Waals surface area (Å²) in [7, 11) is 0. The Morgan fingerprint density at radius 1 is 1.23 bits per heavy atom. The Morgan fingerprint density at radius 2 is 2.09 bits per heavy atom. The van der Waals surface area contributed by atoms with E-state index in [1.54, 1.807) is 6.07 Å². The molecule has 8 rings (SSSR count). The van der Waals surface area contributed by atoms with Crippen molar-refractivity contribution in [3.05, 3.63) is 52.7 Å². The van der Waals surface area contributed by atoms with Crippen LogP contribution in [-0.4, -0.2) is 50.8 Å². The lowest BCUT2D eigenvalue weighted by molar-refractivity contribution is -0.173. The Kier molecular flexibility index (Phi) is 3.60. The molecule has 0 amide bonds. The minimum atomic E-state index is -0.989. The molecule has 2 aliphatic heterocycles. The summed E-state index contributed by atoms with van der Waals surface area (Å²) in [6.07, 6.45) is 4.31. The van der Waals surface area contributed by atoms with Gasteiger partial charge in [0.05, 0.1) is 22.4 Å². The molecule has 2 fully saturated rings. The van der Waals surface area contributed by atoms with Crippen molar-refractivity contribution in [2.24, 2.45) is 22.4 Å². The maximum absolute atomic E-state index is 12.8. The van der Waals surface area contributed by atoms with Crippen molar-refractivity contribution >= 4 is 22.5 Å². The molecule has 4 atom stereocenters. The van der Waals surface area contributed by atoms with E-state index in [2.05, 4.69) is 14.9 Å². The Balaban J connectivity index is 1.37. The molecule has 3 aliphatic carbocycles. The Labute approximate surface area is 202 Å². The number of ether oxygens (including phenoxy) is 1. The summed E-state index contributed by atoms with van der Waals surface area (Å²) in [5, 5.41) is 24.7. The fraction of sp³-hybridized carbons (Fsp3) is 0.444.